The lowest BCUT2D eigenvalue weighted by Gasteiger charge is -2.16. The van der Waals surface area contributed by atoms with Gasteiger partial charge >= 0.3 is 12.1 Å². The molecule has 1 unspecified atom stereocenters. The molecule has 8 nitrogen and oxygen atoms in total. The Kier molecular flexibility index (Phi) is 8.28. The van der Waals surface area contributed by atoms with E-state index in [1.807, 2.05) is 0 Å². The average Bonchev–Trinajstić information content (AvgIpc) is 2.68. The second-order valence-electron chi connectivity index (χ2n) is 6.39. The van der Waals surface area contributed by atoms with Gasteiger partial charge < -0.3 is 14.0 Å². The zero-order chi connectivity index (χ0) is 24.1. The van der Waals surface area contributed by atoms with Crippen molar-refractivity contribution in [2.24, 2.45) is 0 Å². The first-order valence-electron chi connectivity index (χ1n) is 9.06. The lowest BCUT2D eigenvalue weighted by Crippen LogP contribution is -2.14. The second-order valence-corrected chi connectivity index (χ2v) is 9.23. The molecule has 0 saturated heterocycles. The Hall–Kier alpha value is -2.62. The number of alkyl halides is 3. The molecule has 2 aromatic carbocycles. The topological polar surface area (TPSA) is 105 Å². The second kappa shape index (κ2) is 10.3. The summed E-state index contributed by atoms with van der Waals surface area (Å²) in [6.07, 6.45) is -4.81. The first-order valence-corrected chi connectivity index (χ1v) is 11.5. The zero-order valence-electron chi connectivity index (χ0n) is 16.8. The fourth-order valence-electron chi connectivity index (χ4n) is 2.54. The Morgan fingerprint density at radius 3 is 2.47 bits per heavy atom. The quantitative estimate of drug-likeness (QED) is 0.194. The minimum atomic E-state index is -4.60. The van der Waals surface area contributed by atoms with E-state index in [9.17, 15) is 32.6 Å². The van der Waals surface area contributed by atoms with Crippen molar-refractivity contribution in [1.29, 1.82) is 0 Å². The van der Waals surface area contributed by atoms with Crippen LogP contribution in [0.4, 0.5) is 18.9 Å². The average molecular weight is 496 g/mol. The number of halogens is 4. The molecule has 0 radical (unpaired) electrons. The molecule has 0 aliphatic rings. The van der Waals surface area contributed by atoms with Gasteiger partial charge in [-0.05, 0) is 31.2 Å². The number of nitro groups is 1. The van der Waals surface area contributed by atoms with Crippen molar-refractivity contribution in [3.05, 3.63) is 57.1 Å². The van der Waals surface area contributed by atoms with Crippen LogP contribution in [0.2, 0.25) is 5.02 Å². The number of nitrogens with zero attached hydrogens (tertiary/aromatic N) is 1. The lowest BCUT2D eigenvalue weighted by molar-refractivity contribution is -0.383. The summed E-state index contributed by atoms with van der Waals surface area (Å²) < 4.78 is 66.8. The van der Waals surface area contributed by atoms with Crippen LogP contribution in [0.15, 0.2) is 36.4 Å². The van der Waals surface area contributed by atoms with Gasteiger partial charge in [-0.3, -0.25) is 19.5 Å². The molecule has 2 aromatic rings. The highest BCUT2D eigenvalue weighted by atomic mass is 35.5. The van der Waals surface area contributed by atoms with E-state index >= 15 is 0 Å². The third kappa shape index (κ3) is 6.69. The monoisotopic (exact) mass is 495 g/mol. The number of carbonyl (C=O) groups is 1. The summed E-state index contributed by atoms with van der Waals surface area (Å²) in [4.78, 5) is 22.0. The first kappa shape index (κ1) is 25.6. The molecule has 0 heterocycles. The fraction of sp³-hybridized carbons (Fsp3) is 0.316. The van der Waals surface area contributed by atoms with Crippen LogP contribution in [0.5, 0.6) is 11.5 Å². The molecule has 0 aromatic heterocycles. The van der Waals surface area contributed by atoms with E-state index in [1.165, 1.54) is 6.07 Å². The van der Waals surface area contributed by atoms with E-state index in [-0.39, 0.29) is 41.5 Å². The maximum absolute atomic E-state index is 13.0. The number of rotatable bonds is 9. The number of carbonyl (C=O) groups excluding carboxylic acids is 1. The van der Waals surface area contributed by atoms with Crippen molar-refractivity contribution in [2.75, 3.05) is 19.9 Å². The van der Waals surface area contributed by atoms with Gasteiger partial charge in [-0.25, -0.2) is 0 Å². The van der Waals surface area contributed by atoms with Gasteiger partial charge in [0.05, 0.1) is 35.1 Å². The van der Waals surface area contributed by atoms with Crippen LogP contribution < -0.4 is 10.0 Å². The van der Waals surface area contributed by atoms with Crippen molar-refractivity contribution < 1.29 is 41.5 Å². The Bertz CT molecular complexity index is 1060. The summed E-state index contributed by atoms with van der Waals surface area (Å²) in [6.45, 7) is 2.59. The summed E-state index contributed by atoms with van der Waals surface area (Å²) in [5.41, 5.74) is -1.50. The fourth-order valence-corrected chi connectivity index (χ4v) is 4.27. The normalized spacial score (nSPS) is 13.3. The standard InChI is InChI=1S/C19H18ClF3NO7P/c1-3-29-18(25)8-9-30-32(2,28)17-11-13(5-6-15(17)24(26)27)31-16-7-4-12(10-14(16)20)19(21,22)23/h4-7,10-11H,3,8-9H2,1-2H3. The highest BCUT2D eigenvalue weighted by Gasteiger charge is 2.32. The number of nitro benzene ring substituents is 1. The summed E-state index contributed by atoms with van der Waals surface area (Å²) in [5.74, 6) is -0.798. The molecule has 0 aliphatic carbocycles. The van der Waals surface area contributed by atoms with Crippen LogP contribution in [-0.4, -0.2) is 30.8 Å². The van der Waals surface area contributed by atoms with E-state index in [2.05, 4.69) is 0 Å². The van der Waals surface area contributed by atoms with Gasteiger partial charge in [-0.15, -0.1) is 0 Å². The molecule has 0 fully saturated rings. The SMILES string of the molecule is CCOC(=O)CCOP(C)(=O)c1cc(Oc2ccc(C(F)(F)F)cc2Cl)ccc1[N+](=O)[O-]. The van der Waals surface area contributed by atoms with Gasteiger partial charge in [0.2, 0.25) is 7.37 Å². The third-order valence-corrected chi connectivity index (χ3v) is 6.22. The lowest BCUT2D eigenvalue weighted by atomic mass is 10.2. The number of ether oxygens (including phenoxy) is 2. The smallest absolute Gasteiger partial charge is 0.416 e. The van der Waals surface area contributed by atoms with Crippen LogP contribution in [0.25, 0.3) is 0 Å². The molecular weight excluding hydrogens is 478 g/mol. The van der Waals surface area contributed by atoms with Crippen molar-refractivity contribution in [2.45, 2.75) is 19.5 Å². The van der Waals surface area contributed by atoms with Crippen LogP contribution in [0, 0.1) is 10.1 Å². The summed E-state index contributed by atoms with van der Waals surface area (Å²) in [5, 5.41) is 10.7. The Morgan fingerprint density at radius 1 is 1.22 bits per heavy atom. The minimum Gasteiger partial charge on any atom is -0.466 e. The number of esters is 1. The van der Waals surface area contributed by atoms with Gasteiger partial charge in [0.25, 0.3) is 5.69 Å². The molecule has 0 spiro atoms. The largest absolute Gasteiger partial charge is 0.466 e. The summed E-state index contributed by atoms with van der Waals surface area (Å²) in [6, 6.07) is 5.70. The molecule has 0 N–H and O–H groups in total. The van der Waals surface area contributed by atoms with Crippen molar-refractivity contribution in [3.63, 3.8) is 0 Å². The van der Waals surface area contributed by atoms with Gasteiger partial charge in [0.15, 0.2) is 0 Å². The molecule has 32 heavy (non-hydrogen) atoms. The van der Waals surface area contributed by atoms with Crippen LogP contribution in [0.1, 0.15) is 18.9 Å². The molecule has 0 amide bonds. The minimum absolute atomic E-state index is 0.0664. The molecule has 0 aliphatic heterocycles. The molecule has 13 heteroatoms. The van der Waals surface area contributed by atoms with Crippen LogP contribution >= 0.6 is 19.0 Å². The number of benzene rings is 2. The van der Waals surface area contributed by atoms with E-state index in [1.54, 1.807) is 6.92 Å². The molecular formula is C19H18ClF3NO7P. The number of hydrogen-bond donors (Lipinski definition) is 0. The molecule has 0 saturated carbocycles. The molecule has 2 rings (SSSR count). The number of hydrogen-bond acceptors (Lipinski definition) is 7. The van der Waals surface area contributed by atoms with Crippen LogP contribution in [0.3, 0.4) is 0 Å². The first-order chi connectivity index (χ1) is 14.8. The Morgan fingerprint density at radius 2 is 1.91 bits per heavy atom. The Labute approximate surface area is 185 Å². The van der Waals surface area contributed by atoms with Crippen molar-refractivity contribution >= 4 is 35.9 Å². The van der Waals surface area contributed by atoms with E-state index in [0.29, 0.717) is 6.07 Å². The molecule has 0 bridgehead atoms. The summed E-state index contributed by atoms with van der Waals surface area (Å²) in [7, 11) is -3.80. The summed E-state index contributed by atoms with van der Waals surface area (Å²) >= 11 is 5.86. The maximum Gasteiger partial charge on any atom is 0.416 e. The van der Waals surface area contributed by atoms with Crippen molar-refractivity contribution in [3.8, 4) is 11.5 Å². The van der Waals surface area contributed by atoms with E-state index < -0.39 is 35.7 Å². The third-order valence-electron chi connectivity index (χ3n) is 4.02. The van der Waals surface area contributed by atoms with E-state index in [4.69, 9.17) is 25.6 Å². The van der Waals surface area contributed by atoms with Gasteiger partial charge in [0, 0.05) is 18.8 Å². The van der Waals surface area contributed by atoms with Crippen molar-refractivity contribution in [1.82, 2.24) is 0 Å². The van der Waals surface area contributed by atoms with Gasteiger partial charge in [0.1, 0.15) is 16.8 Å². The predicted octanol–water partition coefficient (Wildman–Crippen LogP) is 5.56. The highest BCUT2D eigenvalue weighted by Crippen LogP contribution is 2.46. The predicted molar refractivity (Wildman–Crippen MR) is 110 cm³/mol. The highest BCUT2D eigenvalue weighted by molar-refractivity contribution is 7.66. The van der Waals surface area contributed by atoms with Crippen LogP contribution in [-0.2, 0) is 24.8 Å². The molecule has 174 valence electrons. The molecule has 1 atom stereocenters. The Balaban J connectivity index is 2.30. The van der Waals surface area contributed by atoms with Gasteiger partial charge in [-0.2, -0.15) is 13.2 Å². The van der Waals surface area contributed by atoms with E-state index in [0.717, 1.165) is 30.9 Å². The maximum atomic E-state index is 13.0. The zero-order valence-corrected chi connectivity index (χ0v) is 18.5. The van der Waals surface area contributed by atoms with Gasteiger partial charge in [-0.1, -0.05) is 11.6 Å².